The molecule has 0 spiro atoms. The van der Waals surface area contributed by atoms with Gasteiger partial charge in [-0.25, -0.2) is 4.98 Å². The van der Waals surface area contributed by atoms with E-state index in [-0.39, 0.29) is 11.9 Å². The van der Waals surface area contributed by atoms with Crippen molar-refractivity contribution in [1.82, 2.24) is 14.3 Å². The van der Waals surface area contributed by atoms with Gasteiger partial charge in [0.2, 0.25) is 5.91 Å². The largest absolute Gasteiger partial charge is 0.494 e. The van der Waals surface area contributed by atoms with E-state index in [9.17, 15) is 9.59 Å². The summed E-state index contributed by atoms with van der Waals surface area (Å²) in [5.41, 5.74) is 1.03. The summed E-state index contributed by atoms with van der Waals surface area (Å²) in [7, 11) is 0. The molecule has 0 saturated carbocycles. The third-order valence-corrected chi connectivity index (χ3v) is 6.24. The molecule has 0 N–H and O–H groups in total. The van der Waals surface area contributed by atoms with Gasteiger partial charge in [0.05, 0.1) is 24.3 Å². The molecule has 1 fully saturated rings. The number of benzene rings is 1. The molecule has 1 aliphatic rings. The van der Waals surface area contributed by atoms with Gasteiger partial charge in [-0.3, -0.25) is 9.59 Å². The number of hydrogen-bond donors (Lipinski definition) is 0. The van der Waals surface area contributed by atoms with E-state index in [2.05, 4.69) is 4.98 Å². The Balaban J connectivity index is 1.39. The maximum atomic E-state index is 13.1. The van der Waals surface area contributed by atoms with Crippen LogP contribution >= 0.6 is 0 Å². The van der Waals surface area contributed by atoms with Crippen LogP contribution in [0.2, 0.25) is 0 Å². The lowest BCUT2D eigenvalue weighted by Crippen LogP contribution is -2.51. The molecular weight excluding hydrogens is 418 g/mol. The molecular formula is C26H31N3O4. The number of aromatic nitrogens is 2. The van der Waals surface area contributed by atoms with Crippen LogP contribution in [0, 0.1) is 5.41 Å². The number of hydrogen-bond acceptors (Lipinski definition) is 5. The van der Waals surface area contributed by atoms with Crippen LogP contribution < -0.4 is 4.74 Å². The molecule has 1 aromatic carbocycles. The Morgan fingerprint density at radius 2 is 1.94 bits per heavy atom. The summed E-state index contributed by atoms with van der Waals surface area (Å²) in [4.78, 5) is 32.4. The molecule has 1 saturated heterocycles. The first-order valence-electron chi connectivity index (χ1n) is 11.7. The number of likely N-dealkylation sites (tertiary alicyclic amines) is 1. The number of carbonyl (C=O) groups is 2. The van der Waals surface area contributed by atoms with Crippen LogP contribution in [0.5, 0.6) is 5.75 Å². The maximum absolute atomic E-state index is 13.1. The number of esters is 1. The van der Waals surface area contributed by atoms with Crippen LogP contribution in [0.3, 0.4) is 0 Å². The first kappa shape index (κ1) is 22.8. The average Bonchev–Trinajstić information content (AvgIpc) is 3.26. The number of ether oxygens (including phenoxy) is 2. The molecule has 1 aliphatic heterocycles. The third-order valence-electron chi connectivity index (χ3n) is 6.24. The van der Waals surface area contributed by atoms with Crippen molar-refractivity contribution in [3.63, 3.8) is 0 Å². The van der Waals surface area contributed by atoms with Crippen molar-refractivity contribution in [3.05, 3.63) is 66.6 Å². The van der Waals surface area contributed by atoms with Crippen molar-refractivity contribution < 1.29 is 19.1 Å². The lowest BCUT2D eigenvalue weighted by Gasteiger charge is -2.41. The highest BCUT2D eigenvalue weighted by atomic mass is 16.5. The van der Waals surface area contributed by atoms with Crippen molar-refractivity contribution in [2.45, 2.75) is 39.0 Å². The molecule has 0 radical (unpaired) electrons. The molecule has 3 aromatic rings. The summed E-state index contributed by atoms with van der Waals surface area (Å²) >= 11 is 0. The van der Waals surface area contributed by atoms with Crippen molar-refractivity contribution in [2.75, 3.05) is 26.3 Å². The highest BCUT2D eigenvalue weighted by Crippen LogP contribution is 2.35. The van der Waals surface area contributed by atoms with E-state index in [1.165, 1.54) is 0 Å². The summed E-state index contributed by atoms with van der Waals surface area (Å²) in [5.74, 6) is 0.580. The van der Waals surface area contributed by atoms with Gasteiger partial charge in [-0.2, -0.15) is 0 Å². The van der Waals surface area contributed by atoms with Crippen LogP contribution in [-0.2, 0) is 20.7 Å². The minimum atomic E-state index is -0.734. The number of amides is 1. The van der Waals surface area contributed by atoms with Gasteiger partial charge in [0.25, 0.3) is 0 Å². The fraction of sp³-hybridized carbons (Fsp3) is 0.423. The summed E-state index contributed by atoms with van der Waals surface area (Å²) in [5, 5.41) is 0. The first-order chi connectivity index (χ1) is 16.1. The number of rotatable bonds is 9. The Kier molecular flexibility index (Phi) is 7.27. The second kappa shape index (κ2) is 10.5. The number of pyridine rings is 1. The van der Waals surface area contributed by atoms with Crippen LogP contribution in [0.4, 0.5) is 0 Å². The van der Waals surface area contributed by atoms with Crippen LogP contribution in [0.15, 0.2) is 60.9 Å². The highest BCUT2D eigenvalue weighted by Gasteiger charge is 2.44. The molecule has 174 valence electrons. The topological polar surface area (TPSA) is 73.1 Å². The SMILES string of the molecule is CCOC(=O)[C@@]1(CCOc2ccccc2)CCCN(C(=O)CCc2cn3ccccc3n2)C1. The number of piperidine rings is 1. The molecule has 0 aliphatic carbocycles. The molecule has 3 heterocycles. The van der Waals surface area contributed by atoms with Gasteiger partial charge >= 0.3 is 5.97 Å². The van der Waals surface area contributed by atoms with E-state index < -0.39 is 5.41 Å². The van der Waals surface area contributed by atoms with Gasteiger partial charge in [-0.05, 0) is 56.9 Å². The first-order valence-corrected chi connectivity index (χ1v) is 11.7. The molecule has 33 heavy (non-hydrogen) atoms. The Morgan fingerprint density at radius 1 is 1.12 bits per heavy atom. The van der Waals surface area contributed by atoms with Gasteiger partial charge in [0, 0.05) is 31.9 Å². The summed E-state index contributed by atoms with van der Waals surface area (Å²) in [6, 6.07) is 15.4. The predicted octanol–water partition coefficient (Wildman–Crippen LogP) is 3.91. The van der Waals surface area contributed by atoms with Gasteiger partial charge in [-0.15, -0.1) is 0 Å². The second-order valence-electron chi connectivity index (χ2n) is 8.53. The number of imidazole rings is 1. The van der Waals surface area contributed by atoms with Gasteiger partial charge < -0.3 is 18.8 Å². The molecule has 1 amide bonds. The number of carbonyl (C=O) groups excluding carboxylic acids is 2. The Hall–Kier alpha value is -3.35. The maximum Gasteiger partial charge on any atom is 0.314 e. The molecule has 0 bridgehead atoms. The monoisotopic (exact) mass is 449 g/mol. The summed E-state index contributed by atoms with van der Waals surface area (Å²) < 4.78 is 13.3. The number of para-hydroxylation sites is 1. The van der Waals surface area contributed by atoms with Gasteiger partial charge in [0.1, 0.15) is 11.4 Å². The number of nitrogens with zero attached hydrogens (tertiary/aromatic N) is 3. The smallest absolute Gasteiger partial charge is 0.314 e. The minimum Gasteiger partial charge on any atom is -0.494 e. The molecule has 4 rings (SSSR count). The third kappa shape index (κ3) is 5.53. The Labute approximate surface area is 194 Å². The molecule has 7 heteroatoms. The second-order valence-corrected chi connectivity index (χ2v) is 8.53. The quantitative estimate of drug-likeness (QED) is 0.463. The van der Waals surface area contributed by atoms with E-state index >= 15 is 0 Å². The molecule has 2 aromatic heterocycles. The normalized spacial score (nSPS) is 18.3. The van der Waals surface area contributed by atoms with E-state index in [1.54, 1.807) is 0 Å². The molecule has 7 nitrogen and oxygen atoms in total. The van der Waals surface area contributed by atoms with Crippen LogP contribution in [0.25, 0.3) is 5.65 Å². The number of fused-ring (bicyclic) bond motifs is 1. The molecule has 1 atom stereocenters. The lowest BCUT2D eigenvalue weighted by molar-refractivity contribution is -0.162. The lowest BCUT2D eigenvalue weighted by atomic mass is 9.77. The van der Waals surface area contributed by atoms with Gasteiger partial charge in [0.15, 0.2) is 0 Å². The van der Waals surface area contributed by atoms with Crippen molar-refractivity contribution in [1.29, 1.82) is 0 Å². The average molecular weight is 450 g/mol. The van der Waals surface area contributed by atoms with E-state index in [0.29, 0.717) is 52.0 Å². The highest BCUT2D eigenvalue weighted by molar-refractivity contribution is 5.81. The van der Waals surface area contributed by atoms with E-state index in [0.717, 1.165) is 23.5 Å². The Morgan fingerprint density at radius 3 is 2.73 bits per heavy atom. The van der Waals surface area contributed by atoms with Gasteiger partial charge in [-0.1, -0.05) is 24.3 Å². The fourth-order valence-electron chi connectivity index (χ4n) is 4.48. The zero-order valence-corrected chi connectivity index (χ0v) is 19.1. The summed E-state index contributed by atoms with van der Waals surface area (Å²) in [6.07, 6.45) is 6.82. The Bertz CT molecular complexity index is 1050. The van der Waals surface area contributed by atoms with Crippen molar-refractivity contribution in [2.24, 2.45) is 5.41 Å². The molecule has 0 unspecified atom stereocenters. The van der Waals surface area contributed by atoms with Crippen molar-refractivity contribution >= 4 is 17.5 Å². The van der Waals surface area contributed by atoms with Crippen LogP contribution in [0.1, 0.15) is 38.3 Å². The summed E-state index contributed by atoms with van der Waals surface area (Å²) in [6.45, 7) is 3.55. The van der Waals surface area contributed by atoms with E-state index in [1.807, 2.05) is 77.1 Å². The van der Waals surface area contributed by atoms with E-state index in [4.69, 9.17) is 9.47 Å². The standard InChI is InChI=1S/C26H31N3O4/c1-2-32-25(31)26(15-18-33-22-9-4-3-5-10-22)14-8-17-29(20-26)24(30)13-12-21-19-28-16-7-6-11-23(28)27-21/h3-7,9-11,16,19H,2,8,12-15,17-18,20H2,1H3/t26-/m1/s1. The minimum absolute atomic E-state index is 0.0457. The zero-order chi connectivity index (χ0) is 23.1. The fourth-order valence-corrected chi connectivity index (χ4v) is 4.48. The zero-order valence-electron chi connectivity index (χ0n) is 19.1. The van der Waals surface area contributed by atoms with Crippen LogP contribution in [-0.4, -0.2) is 52.5 Å². The predicted molar refractivity (Wildman–Crippen MR) is 125 cm³/mol. The van der Waals surface area contributed by atoms with Crippen molar-refractivity contribution in [3.8, 4) is 5.75 Å². The number of aryl methyl sites for hydroxylation is 1.